The van der Waals surface area contributed by atoms with Gasteiger partial charge in [-0.3, -0.25) is 4.79 Å². The second-order valence-corrected chi connectivity index (χ2v) is 1.69. The van der Waals surface area contributed by atoms with E-state index in [0.717, 1.165) is 0 Å². The Labute approximate surface area is 46.1 Å². The van der Waals surface area contributed by atoms with Gasteiger partial charge in [0.25, 0.3) is 0 Å². The second-order valence-electron chi connectivity index (χ2n) is 1.69. The van der Waals surface area contributed by atoms with Crippen LogP contribution in [0.4, 0.5) is 0 Å². The van der Waals surface area contributed by atoms with E-state index in [4.69, 9.17) is 1.37 Å². The Kier molecular flexibility index (Phi) is 1.91. The molecular formula is C6H12O. The molecule has 0 aliphatic heterocycles. The molecule has 1 nitrogen and oxygen atoms in total. The molecule has 0 aliphatic rings. The van der Waals surface area contributed by atoms with Crippen molar-refractivity contribution >= 4 is 5.78 Å². The highest BCUT2D eigenvalue weighted by molar-refractivity contribution is 5.77. The van der Waals surface area contributed by atoms with Crippen molar-refractivity contribution in [1.82, 2.24) is 0 Å². The van der Waals surface area contributed by atoms with Crippen LogP contribution in [0, 0.1) is 5.89 Å². The topological polar surface area (TPSA) is 17.1 Å². The number of ketones is 1. The molecule has 1 heteroatoms. The van der Waals surface area contributed by atoms with Gasteiger partial charge >= 0.3 is 0 Å². The van der Waals surface area contributed by atoms with Crippen LogP contribution in [0.1, 0.15) is 28.6 Å². The van der Waals surface area contributed by atoms with Gasteiger partial charge in [0.1, 0.15) is 5.78 Å². The monoisotopic (exact) mass is 102 g/mol. The molecule has 0 aromatic heterocycles. The molecule has 0 spiro atoms. The minimum Gasteiger partial charge on any atom is -0.300 e. The van der Waals surface area contributed by atoms with E-state index in [1.807, 2.05) is 6.92 Å². The molecule has 0 saturated heterocycles. The van der Waals surface area contributed by atoms with Crippen LogP contribution in [0.5, 0.6) is 0 Å². The smallest absolute Gasteiger partial charge is 0.132 e. The van der Waals surface area contributed by atoms with Crippen LogP contribution in [0.25, 0.3) is 0 Å². The summed E-state index contributed by atoms with van der Waals surface area (Å²) in [5.41, 5.74) is 0. The molecule has 0 amide bonds. The first-order chi connectivity index (χ1) is 3.50. The largest absolute Gasteiger partial charge is 0.300 e. The van der Waals surface area contributed by atoms with E-state index >= 15 is 0 Å². The van der Waals surface area contributed by atoms with Gasteiger partial charge in [-0.25, -0.2) is 0 Å². The van der Waals surface area contributed by atoms with E-state index < -0.39 is 5.89 Å². The molecule has 0 aromatic rings. The summed E-state index contributed by atoms with van der Waals surface area (Å²) in [7, 11) is 0. The van der Waals surface area contributed by atoms with Crippen LogP contribution in [0.2, 0.25) is 0 Å². The number of Topliss-reactive ketones (excluding diaryl/α,β-unsaturated/α-hetero) is 1. The third kappa shape index (κ3) is 2.38. The Balaban J connectivity index is 3.91. The number of carbonyl (C=O) groups is 1. The zero-order chi connectivity index (χ0) is 6.78. The highest BCUT2D eigenvalue weighted by atomic mass is 16.1. The molecule has 0 fully saturated rings. The Bertz CT molecular complexity index is 96.7. The summed E-state index contributed by atoms with van der Waals surface area (Å²) in [5, 5.41) is 0. The minimum absolute atomic E-state index is 0.0556. The molecule has 0 heterocycles. The zero-order valence-electron chi connectivity index (χ0n) is 6.12. The van der Waals surface area contributed by atoms with Gasteiger partial charge in [0, 0.05) is 7.26 Å². The molecule has 0 rings (SSSR count). The zero-order valence-corrected chi connectivity index (χ0v) is 5.12. The molecule has 0 bridgehead atoms. The number of hydrogen-bond acceptors (Lipinski definition) is 1. The number of carbonyl (C=O) groups excluding carboxylic acids is 1. The van der Waals surface area contributed by atoms with Gasteiger partial charge < -0.3 is 0 Å². The van der Waals surface area contributed by atoms with Crippen LogP contribution < -0.4 is 0 Å². The molecule has 0 radical (unpaired) electrons. The fourth-order valence-corrected chi connectivity index (χ4v) is 0.249. The first-order valence-electron chi connectivity index (χ1n) is 3.01. The van der Waals surface area contributed by atoms with Crippen molar-refractivity contribution in [2.24, 2.45) is 5.89 Å². The Morgan fingerprint density at radius 1 is 2.00 bits per heavy atom. The van der Waals surface area contributed by atoms with Gasteiger partial charge in [0.05, 0.1) is 0 Å². The van der Waals surface area contributed by atoms with E-state index in [1.54, 1.807) is 6.92 Å². The molecular weight excluding hydrogens is 88.1 g/mol. The van der Waals surface area contributed by atoms with Gasteiger partial charge in [0.15, 0.2) is 0 Å². The van der Waals surface area contributed by atoms with Crippen LogP contribution in [-0.2, 0) is 4.79 Å². The van der Waals surface area contributed by atoms with Gasteiger partial charge in [-0.15, -0.1) is 0 Å². The second kappa shape index (κ2) is 2.78. The van der Waals surface area contributed by atoms with E-state index in [2.05, 4.69) is 0 Å². The summed E-state index contributed by atoms with van der Waals surface area (Å²) in [4.78, 5) is 10.5. The predicted molar refractivity (Wildman–Crippen MR) is 30.1 cm³/mol. The van der Waals surface area contributed by atoms with E-state index in [1.165, 1.54) is 6.92 Å². The highest BCUT2D eigenvalue weighted by Crippen LogP contribution is 1.99. The normalized spacial score (nSPS) is 20.1. The molecule has 7 heavy (non-hydrogen) atoms. The van der Waals surface area contributed by atoms with Gasteiger partial charge in [0.2, 0.25) is 0 Å². The quantitative estimate of drug-likeness (QED) is 0.517. The van der Waals surface area contributed by atoms with Crippen LogP contribution in [0.15, 0.2) is 0 Å². The number of rotatable bonds is 2. The predicted octanol–water partition coefficient (Wildman–Crippen LogP) is 1.62. The van der Waals surface area contributed by atoms with Crippen LogP contribution in [0.3, 0.4) is 0 Å². The molecule has 1 atom stereocenters. The summed E-state index contributed by atoms with van der Waals surface area (Å²) in [5.74, 6) is -0.903. The Hall–Kier alpha value is -0.330. The standard InChI is InChI=1S/C6H12O/c1-4-5(2)6(3)7/h5H,4H2,1-3H3/i5T. The Morgan fingerprint density at radius 2 is 2.43 bits per heavy atom. The first kappa shape index (κ1) is 4.82. The first-order valence-corrected chi connectivity index (χ1v) is 2.51. The molecule has 1 unspecified atom stereocenters. The summed E-state index contributed by atoms with van der Waals surface area (Å²) < 4.78 is 7.28. The average Bonchev–Trinajstić information content (AvgIpc) is 1.67. The lowest BCUT2D eigenvalue weighted by Crippen LogP contribution is -2.03. The maximum Gasteiger partial charge on any atom is 0.132 e. The molecule has 0 aliphatic carbocycles. The summed E-state index contributed by atoms with van der Waals surface area (Å²) >= 11 is 0. The lowest BCUT2D eigenvalue weighted by molar-refractivity contribution is -0.120. The minimum atomic E-state index is -0.847. The van der Waals surface area contributed by atoms with Gasteiger partial charge in [-0.1, -0.05) is 13.8 Å². The molecule has 0 N–H and O–H groups in total. The summed E-state index contributed by atoms with van der Waals surface area (Å²) in [6.45, 7) is 4.93. The number of hydrogen-bond donors (Lipinski definition) is 0. The fourth-order valence-electron chi connectivity index (χ4n) is 0.249. The maximum atomic E-state index is 10.5. The van der Waals surface area contributed by atoms with E-state index in [0.29, 0.717) is 6.42 Å². The van der Waals surface area contributed by atoms with Gasteiger partial charge in [-0.2, -0.15) is 0 Å². The fraction of sp³-hybridized carbons (Fsp3) is 0.833. The average molecular weight is 102 g/mol. The van der Waals surface area contributed by atoms with E-state index in [-0.39, 0.29) is 5.78 Å². The molecule has 0 aromatic carbocycles. The maximum absolute atomic E-state index is 10.5. The lowest BCUT2D eigenvalue weighted by atomic mass is 10.1. The highest BCUT2D eigenvalue weighted by Gasteiger charge is 2.01. The van der Waals surface area contributed by atoms with Crippen molar-refractivity contribution in [2.45, 2.75) is 27.2 Å². The SMILES string of the molecule is [3H]C(C)(CC)C(C)=O. The van der Waals surface area contributed by atoms with Crippen molar-refractivity contribution in [2.75, 3.05) is 0 Å². The molecule has 0 saturated carbocycles. The Morgan fingerprint density at radius 3 is 2.43 bits per heavy atom. The van der Waals surface area contributed by atoms with Crippen molar-refractivity contribution in [1.29, 1.82) is 0 Å². The van der Waals surface area contributed by atoms with Gasteiger partial charge in [-0.05, 0) is 13.3 Å². The lowest BCUT2D eigenvalue weighted by Gasteiger charge is -1.98. The van der Waals surface area contributed by atoms with Crippen molar-refractivity contribution in [3.8, 4) is 0 Å². The van der Waals surface area contributed by atoms with Crippen LogP contribution >= 0.6 is 0 Å². The van der Waals surface area contributed by atoms with E-state index in [9.17, 15) is 4.79 Å². The van der Waals surface area contributed by atoms with Crippen molar-refractivity contribution < 1.29 is 6.17 Å². The van der Waals surface area contributed by atoms with Crippen molar-refractivity contribution in [3.63, 3.8) is 0 Å². The third-order valence-corrected chi connectivity index (χ3v) is 1.13. The molecule has 42 valence electrons. The third-order valence-electron chi connectivity index (χ3n) is 1.13. The summed E-state index contributed by atoms with van der Waals surface area (Å²) in [6.07, 6.45) is 0.600. The van der Waals surface area contributed by atoms with Crippen molar-refractivity contribution in [3.05, 3.63) is 0 Å². The van der Waals surface area contributed by atoms with Crippen LogP contribution in [-0.4, -0.2) is 5.78 Å². The summed E-state index contributed by atoms with van der Waals surface area (Å²) in [6, 6.07) is 0.